The lowest BCUT2D eigenvalue weighted by molar-refractivity contribution is 0.0600. The molecule has 0 saturated carbocycles. The van der Waals surface area contributed by atoms with E-state index in [1.54, 1.807) is 18.2 Å². The van der Waals surface area contributed by atoms with Crippen molar-refractivity contribution in [3.05, 3.63) is 42.1 Å². The van der Waals surface area contributed by atoms with E-state index in [9.17, 15) is 4.79 Å². The lowest BCUT2D eigenvalue weighted by atomic mass is 10.2. The molecule has 1 heterocycles. The summed E-state index contributed by atoms with van der Waals surface area (Å²) in [5, 5.41) is 0.909. The molecule has 1 aromatic heterocycles. The van der Waals surface area contributed by atoms with Crippen LogP contribution in [0.3, 0.4) is 0 Å². The summed E-state index contributed by atoms with van der Waals surface area (Å²) in [5.74, 6) is -0.368. The summed E-state index contributed by atoms with van der Waals surface area (Å²) in [6.45, 7) is 0. The van der Waals surface area contributed by atoms with E-state index < -0.39 is 0 Å². The van der Waals surface area contributed by atoms with Crippen LogP contribution in [0.4, 0.5) is 0 Å². The second kappa shape index (κ2) is 3.46. The van der Waals surface area contributed by atoms with E-state index in [0.29, 0.717) is 5.56 Å². The highest BCUT2D eigenvalue weighted by Crippen LogP contribution is 2.12. The first-order valence-corrected chi connectivity index (χ1v) is 4.15. The average Bonchev–Trinajstić information content (AvgIpc) is 2.27. The molecule has 1 aromatic carbocycles. The Morgan fingerprint density at radius 1 is 1.57 bits per heavy atom. The molecule has 0 bridgehead atoms. The Labute approximate surface area is 81.3 Å². The molecule has 2 aromatic rings. The highest BCUT2D eigenvalue weighted by atomic mass is 16.5. The number of methoxy groups -OCH3 is 1. The molecule has 0 aliphatic rings. The molecule has 14 heavy (non-hydrogen) atoms. The molecule has 3 nitrogen and oxygen atoms in total. The summed E-state index contributed by atoms with van der Waals surface area (Å²) in [4.78, 5) is 15.3. The Balaban J connectivity index is 2.56. The average molecular weight is 186 g/mol. The zero-order valence-corrected chi connectivity index (χ0v) is 7.65. The number of nitrogens with zero attached hydrogens (tertiary/aromatic N) is 1. The van der Waals surface area contributed by atoms with Gasteiger partial charge in [0, 0.05) is 11.6 Å². The standard InChI is InChI=1S/C11H8NO2/c1-14-11(13)9-6-8-4-2-3-5-10(8)12-7-9/h2,4-7H,1H3. The van der Waals surface area contributed by atoms with Crippen molar-refractivity contribution in [3.8, 4) is 0 Å². The van der Waals surface area contributed by atoms with Crippen LogP contribution < -0.4 is 0 Å². The van der Waals surface area contributed by atoms with Crippen LogP contribution in [0.25, 0.3) is 10.9 Å². The molecule has 0 amide bonds. The van der Waals surface area contributed by atoms with E-state index in [1.165, 1.54) is 13.3 Å². The number of pyridine rings is 1. The molecule has 3 heteroatoms. The van der Waals surface area contributed by atoms with Crippen molar-refractivity contribution in [2.75, 3.05) is 7.11 Å². The quantitative estimate of drug-likeness (QED) is 0.638. The molecular formula is C11H8NO2. The smallest absolute Gasteiger partial charge is 0.339 e. The van der Waals surface area contributed by atoms with E-state index in [4.69, 9.17) is 0 Å². The minimum Gasteiger partial charge on any atom is -0.465 e. The summed E-state index contributed by atoms with van der Waals surface area (Å²) in [7, 11) is 1.35. The van der Waals surface area contributed by atoms with Crippen molar-refractivity contribution in [2.45, 2.75) is 0 Å². The van der Waals surface area contributed by atoms with Gasteiger partial charge in [-0.2, -0.15) is 0 Å². The van der Waals surface area contributed by atoms with E-state index >= 15 is 0 Å². The van der Waals surface area contributed by atoms with E-state index in [0.717, 1.165) is 10.9 Å². The first kappa shape index (κ1) is 8.69. The fourth-order valence-corrected chi connectivity index (χ4v) is 1.24. The highest BCUT2D eigenvalue weighted by molar-refractivity contribution is 5.93. The minimum absolute atomic E-state index is 0.368. The van der Waals surface area contributed by atoms with Crippen molar-refractivity contribution in [2.24, 2.45) is 0 Å². The van der Waals surface area contributed by atoms with Gasteiger partial charge in [-0.05, 0) is 18.2 Å². The second-order valence-electron chi connectivity index (χ2n) is 2.83. The lowest BCUT2D eigenvalue weighted by Gasteiger charge is -2.00. The summed E-state index contributed by atoms with van der Waals surface area (Å²) in [5.41, 5.74) is 1.28. The molecule has 69 valence electrons. The van der Waals surface area contributed by atoms with Crippen molar-refractivity contribution in [1.82, 2.24) is 4.98 Å². The normalized spacial score (nSPS) is 10.1. The Morgan fingerprint density at radius 3 is 3.21 bits per heavy atom. The van der Waals surface area contributed by atoms with E-state index in [-0.39, 0.29) is 5.97 Å². The number of benzene rings is 1. The topological polar surface area (TPSA) is 39.2 Å². The van der Waals surface area contributed by atoms with Gasteiger partial charge in [0.2, 0.25) is 0 Å². The number of fused-ring (bicyclic) bond motifs is 1. The minimum atomic E-state index is -0.368. The van der Waals surface area contributed by atoms with Gasteiger partial charge in [-0.3, -0.25) is 4.98 Å². The van der Waals surface area contributed by atoms with Crippen LogP contribution in [0.1, 0.15) is 10.4 Å². The first-order chi connectivity index (χ1) is 6.81. The maximum Gasteiger partial charge on any atom is 0.339 e. The van der Waals surface area contributed by atoms with Gasteiger partial charge in [-0.15, -0.1) is 0 Å². The zero-order valence-electron chi connectivity index (χ0n) is 7.65. The summed E-state index contributed by atoms with van der Waals surface area (Å²) < 4.78 is 4.60. The fourth-order valence-electron chi connectivity index (χ4n) is 1.24. The van der Waals surface area contributed by atoms with Crippen molar-refractivity contribution < 1.29 is 9.53 Å². The van der Waals surface area contributed by atoms with Gasteiger partial charge in [0.15, 0.2) is 0 Å². The Hall–Kier alpha value is -1.90. The molecule has 0 aliphatic heterocycles. The third-order valence-corrected chi connectivity index (χ3v) is 1.95. The summed E-state index contributed by atoms with van der Waals surface area (Å²) in [6, 6.07) is 10.1. The summed E-state index contributed by atoms with van der Waals surface area (Å²) >= 11 is 0. The molecule has 0 spiro atoms. The van der Waals surface area contributed by atoms with Gasteiger partial charge < -0.3 is 4.74 Å². The van der Waals surface area contributed by atoms with Crippen LogP contribution >= 0.6 is 0 Å². The van der Waals surface area contributed by atoms with Gasteiger partial charge in [0.1, 0.15) is 0 Å². The first-order valence-electron chi connectivity index (χ1n) is 4.15. The van der Waals surface area contributed by atoms with Crippen LogP contribution in [0.2, 0.25) is 0 Å². The van der Waals surface area contributed by atoms with Crippen LogP contribution in [-0.4, -0.2) is 18.1 Å². The van der Waals surface area contributed by atoms with Gasteiger partial charge in [-0.25, -0.2) is 4.79 Å². The Morgan fingerprint density at radius 2 is 2.43 bits per heavy atom. The van der Waals surface area contributed by atoms with Gasteiger partial charge >= 0.3 is 5.97 Å². The number of aromatic nitrogens is 1. The van der Waals surface area contributed by atoms with Crippen molar-refractivity contribution in [1.29, 1.82) is 0 Å². The zero-order chi connectivity index (χ0) is 9.97. The summed E-state index contributed by atoms with van der Waals surface area (Å²) in [6.07, 6.45) is 1.50. The third kappa shape index (κ3) is 1.44. The van der Waals surface area contributed by atoms with Gasteiger partial charge in [-0.1, -0.05) is 12.1 Å². The molecule has 0 fully saturated rings. The molecule has 0 aliphatic carbocycles. The fraction of sp³-hybridized carbons (Fsp3) is 0.0909. The number of hydrogen-bond acceptors (Lipinski definition) is 3. The van der Waals surface area contributed by atoms with Crippen LogP contribution in [0, 0.1) is 6.07 Å². The maximum absolute atomic E-state index is 11.2. The number of ether oxygens (including phenoxy) is 1. The second-order valence-corrected chi connectivity index (χ2v) is 2.83. The monoisotopic (exact) mass is 186 g/mol. The predicted molar refractivity (Wildman–Crippen MR) is 51.9 cm³/mol. The Bertz CT molecular complexity index is 479. The van der Waals surface area contributed by atoms with E-state index in [2.05, 4.69) is 15.8 Å². The maximum atomic E-state index is 11.2. The van der Waals surface area contributed by atoms with Gasteiger partial charge in [0.05, 0.1) is 18.2 Å². The third-order valence-electron chi connectivity index (χ3n) is 1.95. The predicted octanol–water partition coefficient (Wildman–Crippen LogP) is 1.82. The number of rotatable bonds is 1. The van der Waals surface area contributed by atoms with E-state index in [1.807, 2.05) is 6.07 Å². The molecule has 1 radical (unpaired) electrons. The molecule has 2 rings (SSSR count). The number of hydrogen-bond donors (Lipinski definition) is 0. The van der Waals surface area contributed by atoms with Crippen LogP contribution in [0.15, 0.2) is 30.5 Å². The molecule has 0 unspecified atom stereocenters. The molecule has 0 atom stereocenters. The van der Waals surface area contributed by atoms with Crippen LogP contribution in [0.5, 0.6) is 0 Å². The number of carbonyl (C=O) groups is 1. The van der Waals surface area contributed by atoms with Crippen molar-refractivity contribution in [3.63, 3.8) is 0 Å². The lowest BCUT2D eigenvalue weighted by Crippen LogP contribution is -2.01. The van der Waals surface area contributed by atoms with Crippen molar-refractivity contribution >= 4 is 16.9 Å². The van der Waals surface area contributed by atoms with Crippen LogP contribution in [-0.2, 0) is 4.74 Å². The Kier molecular flexibility index (Phi) is 2.14. The highest BCUT2D eigenvalue weighted by Gasteiger charge is 2.05. The molecule has 0 N–H and O–H groups in total. The number of esters is 1. The SMILES string of the molecule is COC(=O)c1cnc2c[c]ccc2c1. The largest absolute Gasteiger partial charge is 0.465 e. The number of carbonyl (C=O) groups excluding carboxylic acids is 1. The van der Waals surface area contributed by atoms with Gasteiger partial charge in [0.25, 0.3) is 0 Å². The molecule has 0 saturated heterocycles. The molecular weight excluding hydrogens is 178 g/mol.